The first kappa shape index (κ1) is 22.5. The van der Waals surface area contributed by atoms with Gasteiger partial charge in [-0.2, -0.15) is 0 Å². The Morgan fingerprint density at radius 1 is 1.10 bits per heavy atom. The normalized spacial score (nSPS) is 11.6. The summed E-state index contributed by atoms with van der Waals surface area (Å²) in [7, 11) is 3.11. The summed E-state index contributed by atoms with van der Waals surface area (Å²) in [6.45, 7) is 2.00. The van der Waals surface area contributed by atoms with Crippen LogP contribution in [0.5, 0.6) is 11.5 Å². The quantitative estimate of drug-likeness (QED) is 0.226. The molecule has 0 aliphatic heterocycles. The molecule has 1 atom stereocenters. The van der Waals surface area contributed by atoms with E-state index in [2.05, 4.69) is 0 Å². The van der Waals surface area contributed by atoms with E-state index in [-0.39, 0.29) is 18.3 Å². The Morgan fingerprint density at radius 2 is 1.76 bits per heavy atom. The Balaban J connectivity index is 2.11. The van der Waals surface area contributed by atoms with E-state index in [0.29, 0.717) is 17.1 Å². The van der Waals surface area contributed by atoms with Gasteiger partial charge in [-0.1, -0.05) is 12.1 Å². The number of thioether (sulfide) groups is 1. The molecule has 0 amide bonds. The van der Waals surface area contributed by atoms with E-state index in [4.69, 9.17) is 14.2 Å². The first-order chi connectivity index (χ1) is 14.0. The minimum atomic E-state index is -0.543. The lowest BCUT2D eigenvalue weighted by Gasteiger charge is -2.16. The van der Waals surface area contributed by atoms with Crippen LogP contribution in [0.2, 0.25) is 0 Å². The number of rotatable bonds is 11. The predicted octanol–water partition coefficient (Wildman–Crippen LogP) is 4.66. The van der Waals surface area contributed by atoms with Gasteiger partial charge in [-0.05, 0) is 49.9 Å². The highest BCUT2D eigenvalue weighted by Crippen LogP contribution is 2.37. The van der Waals surface area contributed by atoms with Crippen molar-refractivity contribution in [1.29, 1.82) is 0 Å². The summed E-state index contributed by atoms with van der Waals surface area (Å²) in [5.74, 6) is 0.919. The molecular formula is C21H25NO6S. The molecule has 0 aliphatic carbocycles. The van der Waals surface area contributed by atoms with Crippen LogP contribution in [0.1, 0.15) is 25.3 Å². The number of carbonyl (C=O) groups excluding carboxylic acids is 1. The van der Waals surface area contributed by atoms with E-state index in [1.807, 2.05) is 24.3 Å². The first-order valence-electron chi connectivity index (χ1n) is 9.27. The van der Waals surface area contributed by atoms with Crippen molar-refractivity contribution in [2.45, 2.75) is 36.3 Å². The van der Waals surface area contributed by atoms with Gasteiger partial charge in [-0.15, -0.1) is 11.8 Å². The van der Waals surface area contributed by atoms with Crippen LogP contribution >= 0.6 is 11.8 Å². The van der Waals surface area contributed by atoms with Crippen molar-refractivity contribution in [3.63, 3.8) is 0 Å². The molecule has 0 fully saturated rings. The molecule has 156 valence electrons. The van der Waals surface area contributed by atoms with E-state index < -0.39 is 10.2 Å². The zero-order valence-corrected chi connectivity index (χ0v) is 17.6. The van der Waals surface area contributed by atoms with E-state index in [0.717, 1.165) is 35.9 Å². The molecule has 0 unspecified atom stereocenters. The first-order valence-corrected chi connectivity index (χ1v) is 10.1. The van der Waals surface area contributed by atoms with Crippen molar-refractivity contribution >= 4 is 23.4 Å². The number of nitro groups is 1. The summed E-state index contributed by atoms with van der Waals surface area (Å²) in [4.78, 5) is 23.8. The summed E-state index contributed by atoms with van der Waals surface area (Å²) in [6.07, 6.45) is 2.05. The second kappa shape index (κ2) is 11.3. The zero-order valence-electron chi connectivity index (χ0n) is 16.8. The van der Waals surface area contributed by atoms with Crippen LogP contribution in [-0.2, 0) is 16.0 Å². The lowest BCUT2D eigenvalue weighted by atomic mass is 10.1. The lowest BCUT2D eigenvalue weighted by Crippen LogP contribution is -2.20. The number of ether oxygens (including phenoxy) is 3. The molecular weight excluding hydrogens is 394 g/mol. The number of aryl methyl sites for hydroxylation is 1. The van der Waals surface area contributed by atoms with Gasteiger partial charge in [0, 0.05) is 12.1 Å². The lowest BCUT2D eigenvalue weighted by molar-refractivity contribution is -0.387. The number of carbonyl (C=O) groups is 1. The third kappa shape index (κ3) is 6.67. The molecule has 0 N–H and O–H groups in total. The van der Waals surface area contributed by atoms with Crippen LogP contribution in [0.15, 0.2) is 47.4 Å². The SMILES string of the molecule is CCOC(=O)[C@H](CCCc1ccc(OC)cc1)Sc1cc(OC)ccc1[N+](=O)[O-]. The molecule has 7 nitrogen and oxygen atoms in total. The van der Waals surface area contributed by atoms with Crippen LogP contribution in [0, 0.1) is 10.1 Å². The van der Waals surface area contributed by atoms with Crippen molar-refractivity contribution in [2.75, 3.05) is 20.8 Å². The number of benzene rings is 2. The van der Waals surface area contributed by atoms with Crippen molar-refractivity contribution in [3.05, 3.63) is 58.1 Å². The third-order valence-electron chi connectivity index (χ3n) is 4.27. The Kier molecular flexibility index (Phi) is 8.79. The maximum absolute atomic E-state index is 12.4. The molecule has 0 heterocycles. The van der Waals surface area contributed by atoms with Crippen LogP contribution in [0.3, 0.4) is 0 Å². The average molecular weight is 419 g/mol. The van der Waals surface area contributed by atoms with Crippen LogP contribution < -0.4 is 9.47 Å². The fraction of sp³-hybridized carbons (Fsp3) is 0.381. The predicted molar refractivity (Wildman–Crippen MR) is 112 cm³/mol. The van der Waals surface area contributed by atoms with E-state index in [9.17, 15) is 14.9 Å². The van der Waals surface area contributed by atoms with Gasteiger partial charge in [0.2, 0.25) is 0 Å². The Morgan fingerprint density at radius 3 is 2.34 bits per heavy atom. The van der Waals surface area contributed by atoms with Gasteiger partial charge in [-0.25, -0.2) is 0 Å². The van der Waals surface area contributed by atoms with Crippen molar-refractivity contribution in [3.8, 4) is 11.5 Å². The molecule has 0 aliphatic rings. The summed E-state index contributed by atoms with van der Waals surface area (Å²) in [6, 6.07) is 12.3. The van der Waals surface area contributed by atoms with Crippen LogP contribution in [0.4, 0.5) is 5.69 Å². The van der Waals surface area contributed by atoms with Crippen LogP contribution in [-0.4, -0.2) is 37.0 Å². The second-order valence-corrected chi connectivity index (χ2v) is 7.43. The van der Waals surface area contributed by atoms with E-state index >= 15 is 0 Å². The zero-order chi connectivity index (χ0) is 21.2. The third-order valence-corrected chi connectivity index (χ3v) is 5.57. The molecule has 0 saturated heterocycles. The molecule has 0 aromatic heterocycles. The smallest absolute Gasteiger partial charge is 0.319 e. The molecule has 2 aromatic rings. The number of hydrogen-bond donors (Lipinski definition) is 0. The Bertz CT molecular complexity index is 824. The van der Waals surface area contributed by atoms with Crippen LogP contribution in [0.25, 0.3) is 0 Å². The van der Waals surface area contributed by atoms with Gasteiger partial charge >= 0.3 is 5.97 Å². The monoisotopic (exact) mass is 419 g/mol. The summed E-state index contributed by atoms with van der Waals surface area (Å²) >= 11 is 1.15. The molecule has 0 saturated carbocycles. The molecule has 2 rings (SSSR count). The molecule has 29 heavy (non-hydrogen) atoms. The van der Waals surface area contributed by atoms with E-state index in [1.165, 1.54) is 19.2 Å². The second-order valence-electron chi connectivity index (χ2n) is 6.19. The van der Waals surface area contributed by atoms with Crippen molar-refractivity contribution in [2.24, 2.45) is 0 Å². The highest BCUT2D eigenvalue weighted by atomic mass is 32.2. The largest absolute Gasteiger partial charge is 0.497 e. The van der Waals surface area contributed by atoms with Gasteiger partial charge in [-0.3, -0.25) is 14.9 Å². The highest BCUT2D eigenvalue weighted by Gasteiger charge is 2.25. The van der Waals surface area contributed by atoms with Gasteiger partial charge < -0.3 is 14.2 Å². The summed E-state index contributed by atoms with van der Waals surface area (Å²) in [5, 5.41) is 10.8. The minimum Gasteiger partial charge on any atom is -0.497 e. The average Bonchev–Trinajstić information content (AvgIpc) is 2.73. The topological polar surface area (TPSA) is 87.9 Å². The minimum absolute atomic E-state index is 0.0553. The van der Waals surface area contributed by atoms with Crippen molar-refractivity contribution < 1.29 is 23.9 Å². The van der Waals surface area contributed by atoms with Gasteiger partial charge in [0.05, 0.1) is 30.6 Å². The van der Waals surface area contributed by atoms with Gasteiger partial charge in [0.25, 0.3) is 5.69 Å². The van der Waals surface area contributed by atoms with E-state index in [1.54, 1.807) is 20.1 Å². The fourth-order valence-electron chi connectivity index (χ4n) is 2.76. The number of methoxy groups -OCH3 is 2. The number of nitrogens with zero attached hydrogens (tertiary/aromatic N) is 1. The summed E-state index contributed by atoms with van der Waals surface area (Å²) in [5.41, 5.74) is 1.08. The number of nitro benzene ring substituents is 1. The molecule has 0 spiro atoms. The van der Waals surface area contributed by atoms with Crippen molar-refractivity contribution in [1.82, 2.24) is 0 Å². The fourth-order valence-corrected chi connectivity index (χ4v) is 3.97. The van der Waals surface area contributed by atoms with Gasteiger partial charge in [0.15, 0.2) is 0 Å². The Hall–Kier alpha value is -2.74. The molecule has 2 aromatic carbocycles. The molecule has 0 bridgehead atoms. The van der Waals surface area contributed by atoms with Gasteiger partial charge in [0.1, 0.15) is 16.7 Å². The maximum atomic E-state index is 12.4. The molecule has 8 heteroatoms. The number of hydrogen-bond acceptors (Lipinski definition) is 7. The summed E-state index contributed by atoms with van der Waals surface area (Å²) < 4.78 is 15.5. The molecule has 0 radical (unpaired) electrons. The highest BCUT2D eigenvalue weighted by molar-refractivity contribution is 8.00. The number of esters is 1. The standard InChI is InChI=1S/C21H25NO6S/c1-4-28-21(23)19(7-5-6-15-8-10-16(26-2)11-9-15)29-20-14-17(27-3)12-13-18(20)22(24)25/h8-14,19H,4-7H2,1-3H3/t19-/m0/s1. The Labute approximate surface area is 174 Å². The maximum Gasteiger partial charge on any atom is 0.319 e.